The van der Waals surface area contributed by atoms with E-state index in [1.807, 2.05) is 24.3 Å². The van der Waals surface area contributed by atoms with E-state index in [4.69, 9.17) is 0 Å². The van der Waals surface area contributed by atoms with E-state index < -0.39 is 0 Å². The van der Waals surface area contributed by atoms with Gasteiger partial charge in [0.05, 0.1) is 11.2 Å². The van der Waals surface area contributed by atoms with Crippen LogP contribution in [0.2, 0.25) is 0 Å². The molecule has 100 valence electrons. The van der Waals surface area contributed by atoms with Gasteiger partial charge >= 0.3 is 0 Å². The van der Waals surface area contributed by atoms with Crippen molar-refractivity contribution in [1.29, 1.82) is 0 Å². The molecule has 0 bridgehead atoms. The van der Waals surface area contributed by atoms with Crippen molar-refractivity contribution in [3.05, 3.63) is 57.6 Å². The summed E-state index contributed by atoms with van der Waals surface area (Å²) in [6.07, 6.45) is 0.926. The maximum absolute atomic E-state index is 11.5. The van der Waals surface area contributed by atoms with Crippen LogP contribution in [0.3, 0.4) is 0 Å². The molecule has 0 atom stereocenters. The van der Waals surface area contributed by atoms with Crippen LogP contribution in [-0.2, 0) is 0 Å². The van der Waals surface area contributed by atoms with E-state index >= 15 is 0 Å². The van der Waals surface area contributed by atoms with Gasteiger partial charge in [0.15, 0.2) is 6.29 Å². The minimum Gasteiger partial charge on any atom is -0.353 e. The number of benzene rings is 2. The Bertz CT molecular complexity index is 817. The highest BCUT2D eigenvalue weighted by Gasteiger charge is 2.14. The Kier molecular flexibility index (Phi) is 3.22. The molecular weight excluding hydrogens is 314 g/mol. The molecule has 20 heavy (non-hydrogen) atoms. The lowest BCUT2D eigenvalue weighted by atomic mass is 10.0. The van der Waals surface area contributed by atoms with Gasteiger partial charge in [-0.3, -0.25) is 4.79 Å². The second-order valence-electron chi connectivity index (χ2n) is 4.99. The molecule has 0 radical (unpaired) electrons. The van der Waals surface area contributed by atoms with Gasteiger partial charge in [0, 0.05) is 15.4 Å². The van der Waals surface area contributed by atoms with Gasteiger partial charge in [-0.25, -0.2) is 0 Å². The highest BCUT2D eigenvalue weighted by atomic mass is 79.9. The summed E-state index contributed by atoms with van der Waals surface area (Å²) in [5.41, 5.74) is 6.06. The normalized spacial score (nSPS) is 10.9. The number of aromatic nitrogens is 1. The highest BCUT2D eigenvalue weighted by Crippen LogP contribution is 2.33. The quantitative estimate of drug-likeness (QED) is 0.658. The molecule has 0 aliphatic heterocycles. The molecular formula is C17H14BrNO. The summed E-state index contributed by atoms with van der Waals surface area (Å²) in [6, 6.07) is 12.1. The van der Waals surface area contributed by atoms with Crippen molar-refractivity contribution < 1.29 is 4.79 Å². The van der Waals surface area contributed by atoms with Crippen LogP contribution < -0.4 is 0 Å². The first kappa shape index (κ1) is 13.1. The molecule has 1 aromatic heterocycles. The Labute approximate surface area is 126 Å². The molecule has 0 amide bonds. The third-order valence-corrected chi connectivity index (χ3v) is 4.40. The number of H-pyrrole nitrogens is 1. The molecule has 1 heterocycles. The number of carbonyl (C=O) groups excluding carboxylic acids is 1. The summed E-state index contributed by atoms with van der Waals surface area (Å²) in [5.74, 6) is 0. The first-order valence-electron chi connectivity index (χ1n) is 6.45. The Morgan fingerprint density at radius 2 is 1.90 bits per heavy atom. The molecule has 1 N–H and O–H groups in total. The smallest absolute Gasteiger partial charge is 0.152 e. The van der Waals surface area contributed by atoms with Crippen molar-refractivity contribution in [2.24, 2.45) is 0 Å². The summed E-state index contributed by atoms with van der Waals surface area (Å²) in [7, 11) is 0. The van der Waals surface area contributed by atoms with Crippen LogP contribution in [0.5, 0.6) is 0 Å². The summed E-state index contributed by atoms with van der Waals surface area (Å²) in [4.78, 5) is 14.9. The molecule has 2 nitrogen and oxygen atoms in total. The SMILES string of the molecule is Cc1ccc(-c2[nH]c3c(Br)cccc3c2C=O)cc1C. The van der Waals surface area contributed by atoms with Crippen molar-refractivity contribution in [2.45, 2.75) is 13.8 Å². The molecule has 3 aromatic rings. The minimum atomic E-state index is 0.713. The molecule has 3 heteroatoms. The lowest BCUT2D eigenvalue weighted by molar-refractivity contribution is 0.112. The number of carbonyl (C=O) groups is 1. The third-order valence-electron chi connectivity index (χ3n) is 3.74. The van der Waals surface area contributed by atoms with Crippen LogP contribution in [0, 0.1) is 13.8 Å². The third kappa shape index (κ3) is 1.98. The molecule has 0 fully saturated rings. The zero-order chi connectivity index (χ0) is 14.3. The highest BCUT2D eigenvalue weighted by molar-refractivity contribution is 9.10. The van der Waals surface area contributed by atoms with Crippen molar-refractivity contribution in [2.75, 3.05) is 0 Å². The maximum Gasteiger partial charge on any atom is 0.152 e. The molecule has 0 spiro atoms. The van der Waals surface area contributed by atoms with E-state index in [9.17, 15) is 4.79 Å². The number of fused-ring (bicyclic) bond motifs is 1. The van der Waals surface area contributed by atoms with Crippen molar-refractivity contribution in [3.8, 4) is 11.3 Å². The number of aldehydes is 1. The lowest BCUT2D eigenvalue weighted by Gasteiger charge is -2.04. The van der Waals surface area contributed by atoms with Crippen LogP contribution in [0.4, 0.5) is 0 Å². The van der Waals surface area contributed by atoms with Gasteiger partial charge < -0.3 is 4.98 Å². The number of hydrogen-bond donors (Lipinski definition) is 1. The van der Waals surface area contributed by atoms with Crippen molar-refractivity contribution in [1.82, 2.24) is 4.98 Å². The topological polar surface area (TPSA) is 32.9 Å². The second-order valence-corrected chi connectivity index (χ2v) is 5.85. The average Bonchev–Trinajstić information content (AvgIpc) is 2.82. The Balaban J connectivity index is 2.33. The van der Waals surface area contributed by atoms with Gasteiger partial charge in [-0.2, -0.15) is 0 Å². The molecule has 0 saturated heterocycles. The van der Waals surface area contributed by atoms with E-state index in [-0.39, 0.29) is 0 Å². The van der Waals surface area contributed by atoms with E-state index in [1.54, 1.807) is 0 Å². The average molecular weight is 328 g/mol. The number of aromatic amines is 1. The van der Waals surface area contributed by atoms with E-state index in [0.29, 0.717) is 5.56 Å². The number of rotatable bonds is 2. The molecule has 0 unspecified atom stereocenters. The predicted molar refractivity (Wildman–Crippen MR) is 86.3 cm³/mol. The molecule has 0 saturated carbocycles. The largest absolute Gasteiger partial charge is 0.353 e. The van der Waals surface area contributed by atoms with Crippen molar-refractivity contribution >= 4 is 33.1 Å². The lowest BCUT2D eigenvalue weighted by Crippen LogP contribution is -1.87. The monoisotopic (exact) mass is 327 g/mol. The number of halogens is 1. The number of para-hydroxylation sites is 1. The Hall–Kier alpha value is -1.87. The number of hydrogen-bond acceptors (Lipinski definition) is 1. The van der Waals surface area contributed by atoms with Crippen LogP contribution in [-0.4, -0.2) is 11.3 Å². The van der Waals surface area contributed by atoms with E-state index in [1.165, 1.54) is 11.1 Å². The van der Waals surface area contributed by atoms with Gasteiger partial charge in [0.2, 0.25) is 0 Å². The van der Waals surface area contributed by atoms with Crippen LogP contribution in [0.25, 0.3) is 22.2 Å². The van der Waals surface area contributed by atoms with Gasteiger partial charge in [0.25, 0.3) is 0 Å². The first-order chi connectivity index (χ1) is 9.61. The summed E-state index contributed by atoms with van der Waals surface area (Å²) >= 11 is 3.52. The van der Waals surface area contributed by atoms with Gasteiger partial charge in [0.1, 0.15) is 0 Å². The zero-order valence-electron chi connectivity index (χ0n) is 11.3. The minimum absolute atomic E-state index is 0.713. The summed E-state index contributed by atoms with van der Waals surface area (Å²) in [5, 5.41) is 0.947. The summed E-state index contributed by atoms with van der Waals surface area (Å²) < 4.78 is 0.966. The first-order valence-corrected chi connectivity index (χ1v) is 7.24. The molecule has 0 aliphatic rings. The molecule has 2 aromatic carbocycles. The van der Waals surface area contributed by atoms with Gasteiger partial charge in [-0.05, 0) is 58.6 Å². The molecule has 0 aliphatic carbocycles. The number of aryl methyl sites for hydroxylation is 2. The van der Waals surface area contributed by atoms with Crippen LogP contribution in [0.15, 0.2) is 40.9 Å². The zero-order valence-corrected chi connectivity index (χ0v) is 12.9. The van der Waals surface area contributed by atoms with E-state index in [2.05, 4.69) is 46.9 Å². The second kappa shape index (κ2) is 4.91. The summed E-state index contributed by atoms with van der Waals surface area (Å²) in [6.45, 7) is 4.17. The Morgan fingerprint density at radius 3 is 2.60 bits per heavy atom. The van der Waals surface area contributed by atoms with Gasteiger partial charge in [-0.15, -0.1) is 0 Å². The van der Waals surface area contributed by atoms with Crippen molar-refractivity contribution in [3.63, 3.8) is 0 Å². The fourth-order valence-electron chi connectivity index (χ4n) is 2.45. The Morgan fingerprint density at radius 1 is 1.10 bits per heavy atom. The fourth-order valence-corrected chi connectivity index (χ4v) is 2.91. The van der Waals surface area contributed by atoms with Crippen LogP contribution in [0.1, 0.15) is 21.5 Å². The van der Waals surface area contributed by atoms with Gasteiger partial charge in [-0.1, -0.05) is 24.3 Å². The van der Waals surface area contributed by atoms with E-state index in [0.717, 1.165) is 32.9 Å². The standard InChI is InChI=1S/C17H14BrNO/c1-10-6-7-12(8-11(10)2)16-14(9-20)13-4-3-5-15(18)17(13)19-16/h3-9,19H,1-2H3. The molecule has 3 rings (SSSR count). The fraction of sp³-hybridized carbons (Fsp3) is 0.118. The van der Waals surface area contributed by atoms with Crippen LogP contribution >= 0.6 is 15.9 Å². The predicted octanol–water partition coefficient (Wildman–Crippen LogP) is 5.03. The number of nitrogens with one attached hydrogen (secondary N) is 1. The maximum atomic E-state index is 11.5.